The summed E-state index contributed by atoms with van der Waals surface area (Å²) in [5.41, 5.74) is 7.74. The monoisotopic (exact) mass is 321 g/mol. The van der Waals surface area contributed by atoms with Gasteiger partial charge in [-0.15, -0.1) is 0 Å². The number of hydrogen-bond donors (Lipinski definition) is 2. The van der Waals surface area contributed by atoms with Gasteiger partial charge >= 0.3 is 0 Å². The Labute approximate surface area is 135 Å². The highest BCUT2D eigenvalue weighted by Crippen LogP contribution is 2.32. The van der Waals surface area contributed by atoms with E-state index in [1.165, 1.54) is 0 Å². The number of amides is 2. The maximum absolute atomic E-state index is 12.6. The lowest BCUT2D eigenvalue weighted by atomic mass is 10.1. The zero-order chi connectivity index (χ0) is 16.1. The normalized spacial score (nSPS) is 18.0. The molecule has 0 saturated carbocycles. The number of thioether (sulfide) groups is 1. The molecule has 0 bridgehead atoms. The van der Waals surface area contributed by atoms with E-state index in [0.29, 0.717) is 19.4 Å². The summed E-state index contributed by atoms with van der Waals surface area (Å²) in [4.78, 5) is 26.6. The molecule has 0 unspecified atom stereocenters. The Kier molecular flexibility index (Phi) is 5.85. The van der Waals surface area contributed by atoms with Crippen molar-refractivity contribution in [3.8, 4) is 0 Å². The molecule has 22 heavy (non-hydrogen) atoms. The van der Waals surface area contributed by atoms with Crippen molar-refractivity contribution >= 4 is 29.3 Å². The van der Waals surface area contributed by atoms with E-state index in [2.05, 4.69) is 5.32 Å². The van der Waals surface area contributed by atoms with Crippen molar-refractivity contribution in [2.75, 3.05) is 23.5 Å². The summed E-state index contributed by atoms with van der Waals surface area (Å²) < 4.78 is 0. The topological polar surface area (TPSA) is 75.4 Å². The lowest BCUT2D eigenvalue weighted by Gasteiger charge is -2.27. The Morgan fingerprint density at radius 2 is 2.18 bits per heavy atom. The number of nitrogens with one attached hydrogen (secondary N) is 1. The predicted octanol–water partition coefficient (Wildman–Crippen LogP) is 1.16. The highest BCUT2D eigenvalue weighted by molar-refractivity contribution is 7.98. The summed E-state index contributed by atoms with van der Waals surface area (Å²) in [6.45, 7) is 2.48. The van der Waals surface area contributed by atoms with Gasteiger partial charge in [0.05, 0.1) is 6.04 Å². The van der Waals surface area contributed by atoms with E-state index in [4.69, 9.17) is 5.73 Å². The number of rotatable bonds is 6. The summed E-state index contributed by atoms with van der Waals surface area (Å²) in [6, 6.07) is 6.57. The van der Waals surface area contributed by atoms with Gasteiger partial charge in [0.1, 0.15) is 6.04 Å². The van der Waals surface area contributed by atoms with Crippen LogP contribution in [0.4, 0.5) is 5.69 Å². The molecule has 1 heterocycles. The summed E-state index contributed by atoms with van der Waals surface area (Å²) in [5.74, 6) is 0.563. The van der Waals surface area contributed by atoms with E-state index in [-0.39, 0.29) is 11.8 Å². The van der Waals surface area contributed by atoms with Crippen molar-refractivity contribution in [1.29, 1.82) is 0 Å². The molecule has 2 atom stereocenters. The molecule has 2 rings (SSSR count). The summed E-state index contributed by atoms with van der Waals surface area (Å²) in [5, 5.41) is 2.91. The quantitative estimate of drug-likeness (QED) is 0.771. The van der Waals surface area contributed by atoms with Crippen LogP contribution in [0, 0.1) is 0 Å². The minimum absolute atomic E-state index is 0.109. The average Bonchev–Trinajstić information content (AvgIpc) is 2.93. The minimum Gasteiger partial charge on any atom is -0.353 e. The molecule has 0 aliphatic carbocycles. The molecular weight excluding hydrogens is 298 g/mol. The zero-order valence-electron chi connectivity index (χ0n) is 13.0. The number of hydrogen-bond acceptors (Lipinski definition) is 4. The summed E-state index contributed by atoms with van der Waals surface area (Å²) in [7, 11) is 0. The van der Waals surface area contributed by atoms with E-state index < -0.39 is 12.1 Å². The predicted molar refractivity (Wildman–Crippen MR) is 91.1 cm³/mol. The molecule has 0 spiro atoms. The fraction of sp³-hybridized carbons (Fsp3) is 0.500. The van der Waals surface area contributed by atoms with Crippen LogP contribution in [0.3, 0.4) is 0 Å². The number of para-hydroxylation sites is 1. The fourth-order valence-electron chi connectivity index (χ4n) is 2.62. The molecule has 5 nitrogen and oxygen atoms in total. The molecule has 1 aliphatic rings. The number of carbonyl (C=O) groups excluding carboxylic acids is 2. The van der Waals surface area contributed by atoms with E-state index in [9.17, 15) is 9.59 Å². The van der Waals surface area contributed by atoms with Crippen LogP contribution < -0.4 is 16.0 Å². The molecule has 1 aromatic rings. The lowest BCUT2D eigenvalue weighted by Crippen LogP contribution is -2.53. The van der Waals surface area contributed by atoms with Crippen LogP contribution in [-0.4, -0.2) is 42.5 Å². The molecule has 2 amide bonds. The molecule has 0 aromatic heterocycles. The zero-order valence-corrected chi connectivity index (χ0v) is 13.9. The number of benzene rings is 1. The van der Waals surface area contributed by atoms with Crippen molar-refractivity contribution in [3.05, 3.63) is 29.8 Å². The third-order valence-electron chi connectivity index (χ3n) is 3.88. The second-order valence-electron chi connectivity index (χ2n) is 5.36. The second kappa shape index (κ2) is 7.65. The van der Waals surface area contributed by atoms with Crippen molar-refractivity contribution in [2.45, 2.75) is 31.8 Å². The number of fused-ring (bicyclic) bond motifs is 1. The van der Waals surface area contributed by atoms with Crippen molar-refractivity contribution < 1.29 is 9.59 Å². The van der Waals surface area contributed by atoms with Crippen LogP contribution in [0.15, 0.2) is 24.3 Å². The van der Waals surface area contributed by atoms with Gasteiger partial charge in [0.2, 0.25) is 11.8 Å². The van der Waals surface area contributed by atoms with Gasteiger partial charge in [-0.05, 0) is 24.3 Å². The first-order valence-electron chi connectivity index (χ1n) is 7.53. The fourth-order valence-corrected chi connectivity index (χ4v) is 2.92. The lowest BCUT2D eigenvalue weighted by molar-refractivity contribution is -0.126. The van der Waals surface area contributed by atoms with E-state index >= 15 is 0 Å². The van der Waals surface area contributed by atoms with Crippen LogP contribution in [0.2, 0.25) is 0 Å². The number of nitrogens with zero attached hydrogens (tertiary/aromatic N) is 1. The first-order chi connectivity index (χ1) is 10.6. The first-order valence-corrected chi connectivity index (χ1v) is 8.92. The molecule has 0 radical (unpaired) electrons. The van der Waals surface area contributed by atoms with E-state index in [1.807, 2.05) is 37.4 Å². The van der Waals surface area contributed by atoms with Crippen LogP contribution in [0.1, 0.15) is 18.9 Å². The van der Waals surface area contributed by atoms with E-state index in [1.54, 1.807) is 16.7 Å². The molecule has 1 aromatic carbocycles. The van der Waals surface area contributed by atoms with Gasteiger partial charge in [-0.3, -0.25) is 14.5 Å². The van der Waals surface area contributed by atoms with Gasteiger partial charge in [0, 0.05) is 24.4 Å². The maximum Gasteiger partial charge on any atom is 0.244 e. The Morgan fingerprint density at radius 3 is 2.86 bits per heavy atom. The highest BCUT2D eigenvalue weighted by atomic mass is 32.2. The van der Waals surface area contributed by atoms with Crippen LogP contribution in [0.25, 0.3) is 0 Å². The average molecular weight is 321 g/mol. The molecule has 0 saturated heterocycles. The van der Waals surface area contributed by atoms with Gasteiger partial charge in [-0.25, -0.2) is 0 Å². The summed E-state index contributed by atoms with van der Waals surface area (Å²) in [6.07, 6.45) is 3.09. The third kappa shape index (κ3) is 3.44. The molecule has 0 fully saturated rings. The second-order valence-corrected chi connectivity index (χ2v) is 6.34. The van der Waals surface area contributed by atoms with E-state index in [0.717, 1.165) is 17.0 Å². The Bertz CT molecular complexity index is 550. The number of nitrogens with two attached hydrogens (primary N) is 1. The minimum atomic E-state index is -0.576. The first kappa shape index (κ1) is 16.8. The number of carbonyl (C=O) groups is 2. The smallest absolute Gasteiger partial charge is 0.244 e. The molecule has 120 valence electrons. The van der Waals surface area contributed by atoms with Crippen molar-refractivity contribution in [2.24, 2.45) is 5.73 Å². The molecular formula is C16H23N3O2S. The van der Waals surface area contributed by atoms with Gasteiger partial charge in [-0.1, -0.05) is 25.1 Å². The molecule has 1 aliphatic heterocycles. The Morgan fingerprint density at radius 1 is 1.45 bits per heavy atom. The van der Waals surface area contributed by atoms with Crippen LogP contribution >= 0.6 is 11.8 Å². The van der Waals surface area contributed by atoms with Crippen LogP contribution in [0.5, 0.6) is 0 Å². The van der Waals surface area contributed by atoms with Gasteiger partial charge < -0.3 is 11.1 Å². The molecule has 3 N–H and O–H groups in total. The summed E-state index contributed by atoms with van der Waals surface area (Å²) >= 11 is 1.67. The highest BCUT2D eigenvalue weighted by Gasteiger charge is 2.39. The number of anilines is 1. The SMILES string of the molecule is CC[C@H](N)C(=O)N1c2ccccc2C[C@H]1C(=O)NCCSC. The third-order valence-corrected chi connectivity index (χ3v) is 4.49. The van der Waals surface area contributed by atoms with Gasteiger partial charge in [0.15, 0.2) is 0 Å². The Balaban J connectivity index is 2.22. The van der Waals surface area contributed by atoms with Gasteiger partial charge in [-0.2, -0.15) is 11.8 Å². The van der Waals surface area contributed by atoms with Crippen molar-refractivity contribution in [1.82, 2.24) is 5.32 Å². The van der Waals surface area contributed by atoms with Crippen LogP contribution in [-0.2, 0) is 16.0 Å². The Hall–Kier alpha value is -1.53. The van der Waals surface area contributed by atoms with Gasteiger partial charge in [0.25, 0.3) is 0 Å². The maximum atomic E-state index is 12.6. The van der Waals surface area contributed by atoms with Crippen molar-refractivity contribution in [3.63, 3.8) is 0 Å². The largest absolute Gasteiger partial charge is 0.353 e. The molecule has 6 heteroatoms. The standard InChI is InChI=1S/C16H23N3O2S/c1-3-12(17)16(21)19-13-7-5-4-6-11(13)10-14(19)15(20)18-8-9-22-2/h4-7,12,14H,3,8-10,17H2,1-2H3,(H,18,20)/t12-,14-/m0/s1.